The lowest BCUT2D eigenvalue weighted by Crippen LogP contribution is -2.26. The number of carbonyl (C=O) groups is 1. The number of nitrogens with zero attached hydrogens (tertiary/aromatic N) is 2. The molecule has 0 radical (unpaired) electrons. The molecule has 0 fully saturated rings. The Morgan fingerprint density at radius 2 is 2.08 bits per heavy atom. The van der Waals surface area contributed by atoms with E-state index in [2.05, 4.69) is 53.1 Å². The molecule has 1 heterocycles. The summed E-state index contributed by atoms with van der Waals surface area (Å²) in [6.07, 6.45) is 4.75. The molecular weight excluding hydrogens is 586 g/mol. The zero-order valence-electron chi connectivity index (χ0n) is 21.7. The van der Waals surface area contributed by atoms with E-state index in [0.29, 0.717) is 33.7 Å². The first-order valence-electron chi connectivity index (χ1n) is 12.2. The van der Waals surface area contributed by atoms with E-state index < -0.39 is 0 Å². The maximum atomic E-state index is 12.3. The molecule has 9 heteroatoms. The van der Waals surface area contributed by atoms with Crippen molar-refractivity contribution in [3.8, 4) is 17.6 Å². The molecule has 38 heavy (non-hydrogen) atoms. The molecule has 1 aliphatic rings. The SMILES string of the molecule is COc1cc(C=Nc2sc3c(c2C#N)CC[C@H](C(C)(C)C)C3)ccc1OCC(=O)Nc1ccc(Br)c(Cl)c1. The Balaban J connectivity index is 1.44. The van der Waals surface area contributed by atoms with E-state index in [1.54, 1.807) is 55.0 Å². The number of rotatable bonds is 7. The second-order valence-electron chi connectivity index (χ2n) is 10.2. The molecule has 3 aromatic rings. The largest absolute Gasteiger partial charge is 0.493 e. The monoisotopic (exact) mass is 613 g/mol. The molecular formula is C29H29BrClN3O3S. The Bertz CT molecular complexity index is 1420. The molecule has 0 saturated heterocycles. The smallest absolute Gasteiger partial charge is 0.262 e. The van der Waals surface area contributed by atoms with Crippen LogP contribution in [0.4, 0.5) is 10.7 Å². The zero-order chi connectivity index (χ0) is 27.4. The van der Waals surface area contributed by atoms with E-state index in [9.17, 15) is 10.1 Å². The highest BCUT2D eigenvalue weighted by Crippen LogP contribution is 2.45. The number of nitrogens with one attached hydrogen (secondary N) is 1. The molecule has 1 amide bonds. The van der Waals surface area contributed by atoms with Crippen LogP contribution in [0.2, 0.25) is 5.02 Å². The molecule has 0 saturated carbocycles. The highest BCUT2D eigenvalue weighted by molar-refractivity contribution is 9.10. The van der Waals surface area contributed by atoms with Gasteiger partial charge in [-0.1, -0.05) is 32.4 Å². The number of aliphatic imine (C=N–C) groups is 1. The Morgan fingerprint density at radius 3 is 2.76 bits per heavy atom. The summed E-state index contributed by atoms with van der Waals surface area (Å²) < 4.78 is 11.9. The van der Waals surface area contributed by atoms with Gasteiger partial charge in [0.2, 0.25) is 0 Å². The van der Waals surface area contributed by atoms with Crippen molar-refractivity contribution in [2.45, 2.75) is 40.0 Å². The molecule has 0 spiro atoms. The van der Waals surface area contributed by atoms with Gasteiger partial charge in [-0.15, -0.1) is 11.3 Å². The van der Waals surface area contributed by atoms with E-state index in [-0.39, 0.29) is 17.9 Å². The molecule has 1 N–H and O–H groups in total. The first-order valence-corrected chi connectivity index (χ1v) is 14.2. The highest BCUT2D eigenvalue weighted by Gasteiger charge is 2.32. The van der Waals surface area contributed by atoms with E-state index in [4.69, 9.17) is 21.1 Å². The standard InChI is InChI=1S/C29H29BrClN3O3S/c1-29(2,3)18-6-8-20-21(14-32)28(38-26(20)12-18)33-15-17-5-10-24(25(11-17)36-4)37-16-27(35)34-19-7-9-22(30)23(31)13-19/h5,7,9-11,13,15,18H,6,8,12,16H2,1-4H3,(H,34,35)/t18-/m0/s1. The summed E-state index contributed by atoms with van der Waals surface area (Å²) in [5, 5.41) is 13.8. The lowest BCUT2D eigenvalue weighted by molar-refractivity contribution is -0.118. The number of carbonyl (C=O) groups excluding carboxylic acids is 1. The van der Waals surface area contributed by atoms with Gasteiger partial charge in [-0.25, -0.2) is 4.99 Å². The summed E-state index contributed by atoms with van der Waals surface area (Å²) in [5.41, 5.74) is 3.47. The normalized spacial score (nSPS) is 15.1. The van der Waals surface area contributed by atoms with Crippen LogP contribution in [0.15, 0.2) is 45.9 Å². The van der Waals surface area contributed by atoms with Gasteiger partial charge in [0.25, 0.3) is 5.91 Å². The number of halogens is 2. The van der Waals surface area contributed by atoms with Crippen LogP contribution in [0.3, 0.4) is 0 Å². The van der Waals surface area contributed by atoms with Gasteiger partial charge >= 0.3 is 0 Å². The van der Waals surface area contributed by atoms with Gasteiger partial charge < -0.3 is 14.8 Å². The van der Waals surface area contributed by atoms with Gasteiger partial charge in [0.1, 0.15) is 11.1 Å². The van der Waals surface area contributed by atoms with Gasteiger partial charge in [0.05, 0.1) is 17.7 Å². The number of benzene rings is 2. The average Bonchev–Trinajstić information content (AvgIpc) is 3.24. The first kappa shape index (κ1) is 28.2. The average molecular weight is 615 g/mol. The molecule has 0 unspecified atom stereocenters. The molecule has 6 nitrogen and oxygen atoms in total. The van der Waals surface area contributed by atoms with E-state index >= 15 is 0 Å². The molecule has 0 aliphatic heterocycles. The van der Waals surface area contributed by atoms with Gasteiger partial charge in [0.15, 0.2) is 18.1 Å². The predicted molar refractivity (Wildman–Crippen MR) is 158 cm³/mol. The summed E-state index contributed by atoms with van der Waals surface area (Å²) in [7, 11) is 1.54. The number of thiophene rings is 1. The summed E-state index contributed by atoms with van der Waals surface area (Å²) in [6.45, 7) is 6.66. The molecule has 1 aromatic heterocycles. The lowest BCUT2D eigenvalue weighted by Gasteiger charge is -2.33. The topological polar surface area (TPSA) is 83.7 Å². The van der Waals surface area contributed by atoms with Crippen LogP contribution in [0.1, 0.15) is 48.8 Å². The maximum absolute atomic E-state index is 12.3. The third kappa shape index (κ3) is 6.58. The molecule has 1 atom stereocenters. The molecule has 0 bridgehead atoms. The number of hydrogen-bond donors (Lipinski definition) is 1. The van der Waals surface area contributed by atoms with Crippen molar-refractivity contribution in [2.24, 2.45) is 16.3 Å². The minimum atomic E-state index is -0.324. The Labute approximate surface area is 240 Å². The Kier molecular flexibility index (Phi) is 8.81. The van der Waals surface area contributed by atoms with Crippen molar-refractivity contribution in [3.05, 3.63) is 67.5 Å². The minimum absolute atomic E-state index is 0.195. The van der Waals surface area contributed by atoms with Crippen LogP contribution < -0.4 is 14.8 Å². The number of methoxy groups -OCH3 is 1. The van der Waals surface area contributed by atoms with Crippen LogP contribution in [0.5, 0.6) is 11.5 Å². The maximum Gasteiger partial charge on any atom is 0.262 e. The number of fused-ring (bicyclic) bond motifs is 1. The van der Waals surface area contributed by atoms with Crippen molar-refractivity contribution >= 4 is 61.7 Å². The predicted octanol–water partition coefficient (Wildman–Crippen LogP) is 7.96. The minimum Gasteiger partial charge on any atom is -0.493 e. The number of ether oxygens (including phenoxy) is 2. The quantitative estimate of drug-likeness (QED) is 0.274. The Hall–Kier alpha value is -2.86. The van der Waals surface area contributed by atoms with Crippen LogP contribution in [-0.2, 0) is 17.6 Å². The second kappa shape index (κ2) is 11.9. The van der Waals surface area contributed by atoms with Crippen molar-refractivity contribution in [1.29, 1.82) is 5.26 Å². The van der Waals surface area contributed by atoms with Crippen molar-refractivity contribution in [2.75, 3.05) is 19.0 Å². The number of nitriles is 1. The second-order valence-corrected chi connectivity index (χ2v) is 12.6. The Morgan fingerprint density at radius 1 is 1.29 bits per heavy atom. The number of anilines is 1. The van der Waals surface area contributed by atoms with E-state index in [1.165, 1.54) is 4.88 Å². The van der Waals surface area contributed by atoms with Crippen molar-refractivity contribution in [1.82, 2.24) is 0 Å². The molecule has 1 aliphatic carbocycles. The fourth-order valence-electron chi connectivity index (χ4n) is 4.45. The third-order valence-corrected chi connectivity index (χ3v) is 9.06. The third-order valence-electron chi connectivity index (χ3n) is 6.66. The molecule has 2 aromatic carbocycles. The summed E-state index contributed by atoms with van der Waals surface area (Å²) >= 11 is 11.0. The highest BCUT2D eigenvalue weighted by atomic mass is 79.9. The molecule has 4 rings (SSSR count). The lowest BCUT2D eigenvalue weighted by atomic mass is 9.72. The van der Waals surface area contributed by atoms with Crippen LogP contribution in [0.25, 0.3) is 0 Å². The van der Waals surface area contributed by atoms with Crippen molar-refractivity contribution in [3.63, 3.8) is 0 Å². The summed E-state index contributed by atoms with van der Waals surface area (Å²) in [5.74, 6) is 1.19. The summed E-state index contributed by atoms with van der Waals surface area (Å²) in [6, 6.07) is 12.9. The fourth-order valence-corrected chi connectivity index (χ4v) is 6.10. The van der Waals surface area contributed by atoms with Crippen LogP contribution in [0, 0.1) is 22.7 Å². The fraction of sp³-hybridized carbons (Fsp3) is 0.345. The van der Waals surface area contributed by atoms with Gasteiger partial charge in [-0.05, 0) is 94.1 Å². The van der Waals surface area contributed by atoms with E-state index in [0.717, 1.165) is 39.9 Å². The number of hydrogen-bond acceptors (Lipinski definition) is 6. The first-order chi connectivity index (χ1) is 18.1. The van der Waals surface area contributed by atoms with Gasteiger partial charge in [0, 0.05) is 21.3 Å². The van der Waals surface area contributed by atoms with E-state index in [1.807, 2.05) is 6.07 Å². The summed E-state index contributed by atoms with van der Waals surface area (Å²) in [4.78, 5) is 18.3. The molecule has 198 valence electrons. The van der Waals surface area contributed by atoms with Gasteiger partial charge in [-0.3, -0.25) is 4.79 Å². The van der Waals surface area contributed by atoms with Crippen molar-refractivity contribution < 1.29 is 14.3 Å². The van der Waals surface area contributed by atoms with Crippen LogP contribution >= 0.6 is 38.9 Å². The zero-order valence-corrected chi connectivity index (χ0v) is 24.9. The van der Waals surface area contributed by atoms with Gasteiger partial charge in [-0.2, -0.15) is 5.26 Å². The number of amides is 1. The van der Waals surface area contributed by atoms with Crippen LogP contribution in [-0.4, -0.2) is 25.8 Å².